The van der Waals surface area contributed by atoms with Crippen molar-refractivity contribution in [3.05, 3.63) is 16.7 Å². The van der Waals surface area contributed by atoms with E-state index in [1.54, 1.807) is 6.33 Å². The van der Waals surface area contributed by atoms with Crippen molar-refractivity contribution in [3.8, 4) is 0 Å². The summed E-state index contributed by atoms with van der Waals surface area (Å²) in [4.78, 5) is 15.2. The highest BCUT2D eigenvalue weighted by atomic mass is 16.1. The zero-order chi connectivity index (χ0) is 9.97. The van der Waals surface area contributed by atoms with E-state index in [4.69, 9.17) is 0 Å². The van der Waals surface area contributed by atoms with Crippen LogP contribution in [0.3, 0.4) is 0 Å². The Morgan fingerprint density at radius 2 is 2.43 bits per heavy atom. The molecule has 0 atom stereocenters. The van der Waals surface area contributed by atoms with Gasteiger partial charge in [-0.25, -0.2) is 10.1 Å². The van der Waals surface area contributed by atoms with Crippen LogP contribution in [-0.2, 0) is 6.54 Å². The molecule has 0 saturated carbocycles. The van der Waals surface area contributed by atoms with E-state index in [1.165, 1.54) is 0 Å². The van der Waals surface area contributed by atoms with Crippen LogP contribution >= 0.6 is 0 Å². The zero-order valence-electron chi connectivity index (χ0n) is 7.90. The number of rotatable bonds is 3. The van der Waals surface area contributed by atoms with E-state index in [-0.39, 0.29) is 5.56 Å². The van der Waals surface area contributed by atoms with Crippen LogP contribution in [0.5, 0.6) is 0 Å². The van der Waals surface area contributed by atoms with Crippen molar-refractivity contribution in [1.29, 1.82) is 0 Å². The van der Waals surface area contributed by atoms with Gasteiger partial charge in [0.15, 0.2) is 11.2 Å². The molecule has 74 valence electrons. The Labute approximate surface area is 80.0 Å². The monoisotopic (exact) mass is 193 g/mol. The predicted octanol–water partition coefficient (Wildman–Crippen LogP) is 0.315. The van der Waals surface area contributed by atoms with Gasteiger partial charge in [0.25, 0.3) is 5.56 Å². The average Bonchev–Trinajstić information content (AvgIpc) is 2.60. The third-order valence-electron chi connectivity index (χ3n) is 2.07. The number of aromatic nitrogens is 5. The molecule has 6 nitrogen and oxygen atoms in total. The normalized spacial score (nSPS) is 10.9. The quantitative estimate of drug-likeness (QED) is 0.761. The molecule has 0 aliphatic carbocycles. The topological polar surface area (TPSA) is 76.5 Å². The Morgan fingerprint density at radius 1 is 1.57 bits per heavy atom. The summed E-state index contributed by atoms with van der Waals surface area (Å²) in [6, 6.07) is 0. The fraction of sp³-hybridized carbons (Fsp3) is 0.500. The van der Waals surface area contributed by atoms with Gasteiger partial charge in [0, 0.05) is 6.54 Å². The standard InChI is InChI=1S/C8H11N5O/c1-2-3-4-13-5-9-6-7(13)10-12-11-8(6)14/h5H,2-4H2,1H3,(H,10,11,14). The van der Waals surface area contributed by atoms with Gasteiger partial charge in [-0.2, -0.15) is 0 Å². The number of imidazole rings is 1. The highest BCUT2D eigenvalue weighted by molar-refractivity contribution is 5.68. The smallest absolute Gasteiger partial charge is 0.295 e. The molecular weight excluding hydrogens is 182 g/mol. The molecule has 0 bridgehead atoms. The first kappa shape index (κ1) is 8.86. The van der Waals surface area contributed by atoms with Crippen molar-refractivity contribution in [1.82, 2.24) is 25.0 Å². The van der Waals surface area contributed by atoms with Crippen LogP contribution < -0.4 is 5.56 Å². The molecule has 0 radical (unpaired) electrons. The summed E-state index contributed by atoms with van der Waals surface area (Å²) in [5, 5.41) is 9.61. The molecule has 2 aromatic heterocycles. The Kier molecular flexibility index (Phi) is 2.26. The van der Waals surface area contributed by atoms with Gasteiger partial charge < -0.3 is 4.57 Å². The number of nitrogens with zero attached hydrogens (tertiary/aromatic N) is 4. The summed E-state index contributed by atoms with van der Waals surface area (Å²) < 4.78 is 1.85. The molecule has 0 saturated heterocycles. The molecule has 2 heterocycles. The lowest BCUT2D eigenvalue weighted by Crippen LogP contribution is -2.10. The fourth-order valence-electron chi connectivity index (χ4n) is 1.30. The Morgan fingerprint density at radius 3 is 3.21 bits per heavy atom. The highest BCUT2D eigenvalue weighted by Gasteiger charge is 2.06. The molecule has 6 heteroatoms. The van der Waals surface area contributed by atoms with Gasteiger partial charge in [-0.15, -0.1) is 5.10 Å². The predicted molar refractivity (Wildman–Crippen MR) is 50.9 cm³/mol. The first-order valence-corrected chi connectivity index (χ1v) is 4.59. The molecule has 0 amide bonds. The second kappa shape index (κ2) is 3.57. The lowest BCUT2D eigenvalue weighted by atomic mass is 10.3. The second-order valence-corrected chi connectivity index (χ2v) is 3.10. The molecule has 0 aliphatic rings. The van der Waals surface area contributed by atoms with Crippen LogP contribution in [0, 0.1) is 0 Å². The van der Waals surface area contributed by atoms with E-state index < -0.39 is 0 Å². The Bertz CT molecular complexity index is 486. The average molecular weight is 193 g/mol. The van der Waals surface area contributed by atoms with Gasteiger partial charge in [-0.05, 0) is 6.42 Å². The maximum Gasteiger partial charge on any atom is 0.295 e. The Balaban J connectivity index is 2.47. The minimum Gasteiger partial charge on any atom is -0.314 e. The molecule has 0 aromatic carbocycles. The molecule has 2 aromatic rings. The van der Waals surface area contributed by atoms with Crippen LogP contribution in [0.25, 0.3) is 11.2 Å². The largest absolute Gasteiger partial charge is 0.314 e. The van der Waals surface area contributed by atoms with Crippen molar-refractivity contribution in [2.45, 2.75) is 26.3 Å². The van der Waals surface area contributed by atoms with Crippen LogP contribution in [-0.4, -0.2) is 25.0 Å². The molecule has 2 rings (SSSR count). The molecule has 0 fully saturated rings. The summed E-state index contributed by atoms with van der Waals surface area (Å²) in [5.74, 6) is 0. The van der Waals surface area contributed by atoms with E-state index in [0.29, 0.717) is 11.2 Å². The molecular formula is C8H11N5O. The first-order chi connectivity index (χ1) is 6.83. The number of hydrogen-bond donors (Lipinski definition) is 1. The van der Waals surface area contributed by atoms with E-state index >= 15 is 0 Å². The van der Waals surface area contributed by atoms with Gasteiger partial charge >= 0.3 is 0 Å². The third kappa shape index (κ3) is 1.39. The van der Waals surface area contributed by atoms with Crippen molar-refractivity contribution in [2.75, 3.05) is 0 Å². The van der Waals surface area contributed by atoms with Crippen LogP contribution in [0.1, 0.15) is 19.8 Å². The Hall–Kier alpha value is -1.72. The van der Waals surface area contributed by atoms with Crippen molar-refractivity contribution < 1.29 is 0 Å². The molecule has 14 heavy (non-hydrogen) atoms. The van der Waals surface area contributed by atoms with E-state index in [0.717, 1.165) is 19.4 Å². The lowest BCUT2D eigenvalue weighted by Gasteiger charge is -1.99. The molecule has 1 N–H and O–H groups in total. The van der Waals surface area contributed by atoms with E-state index in [1.807, 2.05) is 4.57 Å². The first-order valence-electron chi connectivity index (χ1n) is 4.59. The number of nitrogens with one attached hydrogen (secondary N) is 1. The SMILES string of the molecule is CCCCn1cnc2c(=O)[nH]nnc21. The molecule has 0 spiro atoms. The van der Waals surface area contributed by atoms with Crippen molar-refractivity contribution in [2.24, 2.45) is 0 Å². The van der Waals surface area contributed by atoms with Crippen LogP contribution in [0.15, 0.2) is 11.1 Å². The van der Waals surface area contributed by atoms with Crippen LogP contribution in [0.4, 0.5) is 0 Å². The number of unbranched alkanes of at least 4 members (excludes halogenated alkanes) is 1. The van der Waals surface area contributed by atoms with Crippen LogP contribution in [0.2, 0.25) is 0 Å². The van der Waals surface area contributed by atoms with Gasteiger partial charge in [-0.1, -0.05) is 18.6 Å². The van der Waals surface area contributed by atoms with Gasteiger partial charge in [0.2, 0.25) is 0 Å². The number of H-pyrrole nitrogens is 1. The van der Waals surface area contributed by atoms with Crippen molar-refractivity contribution in [3.63, 3.8) is 0 Å². The number of aromatic amines is 1. The zero-order valence-corrected chi connectivity index (χ0v) is 7.90. The number of hydrogen-bond acceptors (Lipinski definition) is 4. The summed E-state index contributed by atoms with van der Waals surface area (Å²) in [6.45, 7) is 2.93. The van der Waals surface area contributed by atoms with E-state index in [2.05, 4.69) is 27.3 Å². The fourth-order valence-corrected chi connectivity index (χ4v) is 1.30. The minimum atomic E-state index is -0.287. The molecule has 0 unspecified atom stereocenters. The number of fused-ring (bicyclic) bond motifs is 1. The number of aryl methyl sites for hydroxylation is 1. The van der Waals surface area contributed by atoms with Gasteiger partial charge in [0.1, 0.15) is 0 Å². The maximum absolute atomic E-state index is 11.2. The highest BCUT2D eigenvalue weighted by Crippen LogP contribution is 2.04. The van der Waals surface area contributed by atoms with Gasteiger partial charge in [-0.3, -0.25) is 4.79 Å². The second-order valence-electron chi connectivity index (χ2n) is 3.10. The summed E-state index contributed by atoms with van der Waals surface area (Å²) in [7, 11) is 0. The van der Waals surface area contributed by atoms with Gasteiger partial charge in [0.05, 0.1) is 6.33 Å². The van der Waals surface area contributed by atoms with Crippen molar-refractivity contribution >= 4 is 11.2 Å². The lowest BCUT2D eigenvalue weighted by molar-refractivity contribution is 0.637. The summed E-state index contributed by atoms with van der Waals surface area (Å²) in [6.07, 6.45) is 3.76. The minimum absolute atomic E-state index is 0.287. The summed E-state index contributed by atoms with van der Waals surface area (Å²) in [5.41, 5.74) is 0.628. The molecule has 0 aliphatic heterocycles. The summed E-state index contributed by atoms with van der Waals surface area (Å²) >= 11 is 0. The van der Waals surface area contributed by atoms with E-state index in [9.17, 15) is 4.79 Å². The third-order valence-corrected chi connectivity index (χ3v) is 2.07. The maximum atomic E-state index is 11.2.